The second-order valence-corrected chi connectivity index (χ2v) is 52.1. The maximum absolute atomic E-state index is 4.25. The van der Waals surface area contributed by atoms with Crippen LogP contribution in [-0.4, -0.2) is 12.7 Å². The Hall–Kier alpha value is 0.371. The monoisotopic (exact) mass is 304 g/mol. The summed E-state index contributed by atoms with van der Waals surface area (Å²) in [5, 5.41) is 10.6. The van der Waals surface area contributed by atoms with Gasteiger partial charge in [-0.25, -0.2) is 0 Å². The molecule has 0 aromatic rings. The van der Waals surface area contributed by atoms with E-state index in [1.54, 1.807) is 3.88 Å². The zero-order valence-corrected chi connectivity index (χ0v) is 16.5. The standard InChI is InChI=1S/C5H5.C4H10N.C2H7Si.4CH3.Ti/c1-2-4-5-3-1;1-3-4(2)5;1-3-2;;;;;/h1-3H,4H2;4-5H,3H2,1-2H3;3H,1-2H3;4*1H3;/q;-1;;;;;;+1. The molecule has 0 fully saturated rings. The molecule has 0 aromatic heterocycles. The van der Waals surface area contributed by atoms with Crippen molar-refractivity contribution in [2.75, 3.05) is 0 Å². The fraction of sp³-hybridized carbons (Fsp3) is 0.733. The van der Waals surface area contributed by atoms with Crippen molar-refractivity contribution in [2.24, 2.45) is 0 Å². The zero-order chi connectivity index (χ0) is 14.4. The summed E-state index contributed by atoms with van der Waals surface area (Å²) in [7, 11) is 0. The van der Waals surface area contributed by atoms with Crippen molar-refractivity contribution >= 4 is 6.66 Å². The minimum absolute atomic E-state index is 0.599. The third kappa shape index (κ3) is 2.26. The first-order valence-corrected chi connectivity index (χ1v) is 21.0. The van der Waals surface area contributed by atoms with Gasteiger partial charge >= 0.3 is 112 Å². The van der Waals surface area contributed by atoms with Gasteiger partial charge in [-0.1, -0.05) is 0 Å². The van der Waals surface area contributed by atoms with Crippen LogP contribution in [0.4, 0.5) is 0 Å². The van der Waals surface area contributed by atoms with Gasteiger partial charge < -0.3 is 0 Å². The molecule has 1 N–H and O–H groups in total. The van der Waals surface area contributed by atoms with Crippen molar-refractivity contribution in [1.82, 2.24) is 3.80 Å². The molecule has 0 aliphatic heterocycles. The van der Waals surface area contributed by atoms with Gasteiger partial charge in [0.15, 0.2) is 0 Å². The Balaban J connectivity index is 3.53. The molecular formula is C15H34NSiTi. The first-order valence-electron chi connectivity index (χ1n) is 7.64. The molecule has 0 saturated heterocycles. The number of hydrogen-bond acceptors (Lipinski definition) is 1. The van der Waals surface area contributed by atoms with Crippen molar-refractivity contribution in [3.63, 3.8) is 0 Å². The number of hydrogen-bond donors (Lipinski definition) is 1. The first-order chi connectivity index (χ1) is 7.79. The van der Waals surface area contributed by atoms with Gasteiger partial charge in [0, 0.05) is 0 Å². The summed E-state index contributed by atoms with van der Waals surface area (Å²) in [6.45, 7) is 8.82. The third-order valence-electron chi connectivity index (χ3n) is 6.88. The Bertz CT molecular complexity index is 432. The van der Waals surface area contributed by atoms with Crippen LogP contribution in [0, 0.1) is 0 Å². The Morgan fingerprint density at radius 1 is 1.28 bits per heavy atom. The van der Waals surface area contributed by atoms with E-state index in [1.165, 1.54) is 6.42 Å². The number of allylic oxidation sites excluding steroid dienone is 4. The van der Waals surface area contributed by atoms with Crippen LogP contribution in [0.25, 0.3) is 0 Å². The van der Waals surface area contributed by atoms with Crippen LogP contribution in [0.2, 0.25) is 34.0 Å². The summed E-state index contributed by atoms with van der Waals surface area (Å²) in [5.74, 6) is 0. The molecular weight excluding hydrogens is 270 g/mol. The van der Waals surface area contributed by atoms with Gasteiger partial charge in [-0.15, -0.1) is 0 Å². The number of nitrogens with one attached hydrogen (secondary N) is 1. The molecule has 0 amide bonds. The summed E-state index contributed by atoms with van der Waals surface area (Å²) >= 11 is -3.74. The molecule has 1 nitrogen and oxygen atoms in total. The molecule has 1 atom stereocenters. The molecule has 0 aromatic carbocycles. The molecule has 1 unspecified atom stereocenters. The van der Waals surface area contributed by atoms with E-state index in [0.29, 0.717) is 6.04 Å². The molecule has 0 heterocycles. The van der Waals surface area contributed by atoms with E-state index in [9.17, 15) is 0 Å². The zero-order valence-electron chi connectivity index (χ0n) is 13.8. The summed E-state index contributed by atoms with van der Waals surface area (Å²) in [6, 6.07) is 0.599. The van der Waals surface area contributed by atoms with Gasteiger partial charge in [0.1, 0.15) is 0 Å². The predicted octanol–water partition coefficient (Wildman–Crippen LogP) is 5.07. The average molecular weight is 304 g/mol. The van der Waals surface area contributed by atoms with Crippen LogP contribution in [0.1, 0.15) is 26.7 Å². The van der Waals surface area contributed by atoms with E-state index in [0.717, 1.165) is 6.42 Å². The van der Waals surface area contributed by atoms with E-state index >= 15 is 0 Å². The minimum atomic E-state index is -3.74. The first kappa shape index (κ1) is 16.4. The van der Waals surface area contributed by atoms with Crippen LogP contribution >= 0.6 is 0 Å². The summed E-state index contributed by atoms with van der Waals surface area (Å²) in [4.78, 5) is 0. The van der Waals surface area contributed by atoms with Crippen LogP contribution in [0.5, 0.6) is 0 Å². The van der Waals surface area contributed by atoms with Gasteiger partial charge in [0.2, 0.25) is 0 Å². The van der Waals surface area contributed by atoms with Gasteiger partial charge in [0.25, 0.3) is 0 Å². The van der Waals surface area contributed by atoms with Crippen molar-refractivity contribution < 1.29 is 12.3 Å². The van der Waals surface area contributed by atoms with Crippen LogP contribution in [-0.2, 0) is 12.3 Å². The topological polar surface area (TPSA) is 12.0 Å². The number of rotatable bonds is 5. The summed E-state index contributed by atoms with van der Waals surface area (Å²) in [6.07, 6.45) is 9.36. The SMILES string of the molecule is CCC(C)[NH][Ti]([CH3])([CH3])([CH3])([CH3])([C]1=CC=CC1)[SiH](C)C. The van der Waals surface area contributed by atoms with Crippen molar-refractivity contribution in [3.05, 3.63) is 22.1 Å². The van der Waals surface area contributed by atoms with E-state index in [-0.39, 0.29) is 0 Å². The van der Waals surface area contributed by atoms with Crippen molar-refractivity contribution in [1.29, 1.82) is 0 Å². The summed E-state index contributed by atoms with van der Waals surface area (Å²) in [5.41, 5.74) is 0. The second kappa shape index (κ2) is 3.52. The molecule has 0 radical (unpaired) electrons. The maximum atomic E-state index is 4.25. The van der Waals surface area contributed by atoms with Gasteiger partial charge in [-0.3, -0.25) is 0 Å². The quantitative estimate of drug-likeness (QED) is 0.699. The molecule has 1 aliphatic rings. The molecule has 107 valence electrons. The molecule has 1 aliphatic carbocycles. The second-order valence-electron chi connectivity index (χ2n) is 10.5. The van der Waals surface area contributed by atoms with Crippen LogP contribution in [0.15, 0.2) is 22.1 Å². The van der Waals surface area contributed by atoms with E-state index in [1.807, 2.05) is 0 Å². The van der Waals surface area contributed by atoms with Crippen LogP contribution < -0.4 is 3.80 Å². The Labute approximate surface area is 111 Å². The van der Waals surface area contributed by atoms with Gasteiger partial charge in [-0.05, 0) is 0 Å². The predicted molar refractivity (Wildman–Crippen MR) is 87.1 cm³/mol. The molecule has 0 bridgehead atoms. The van der Waals surface area contributed by atoms with E-state index < -0.39 is 18.9 Å². The Morgan fingerprint density at radius 3 is 2.17 bits per heavy atom. The molecule has 18 heavy (non-hydrogen) atoms. The van der Waals surface area contributed by atoms with Crippen molar-refractivity contribution in [2.45, 2.75) is 66.7 Å². The van der Waals surface area contributed by atoms with Gasteiger partial charge in [-0.2, -0.15) is 0 Å². The fourth-order valence-corrected chi connectivity index (χ4v) is 19.3. The van der Waals surface area contributed by atoms with E-state index in [4.69, 9.17) is 0 Å². The third-order valence-corrected chi connectivity index (χ3v) is 50.6. The fourth-order valence-electron chi connectivity index (χ4n) is 3.37. The molecule has 0 spiro atoms. The Kier molecular flexibility index (Phi) is 3.21. The van der Waals surface area contributed by atoms with E-state index in [2.05, 4.69) is 69.9 Å². The molecule has 3 heteroatoms. The normalized spacial score (nSPS) is 24.1. The van der Waals surface area contributed by atoms with Crippen molar-refractivity contribution in [3.8, 4) is 0 Å². The van der Waals surface area contributed by atoms with Crippen LogP contribution in [0.3, 0.4) is 0 Å². The summed E-state index contributed by atoms with van der Waals surface area (Å²) < 4.78 is 5.96. The average Bonchev–Trinajstić information content (AvgIpc) is 2.70. The molecule has 1 rings (SSSR count). The Morgan fingerprint density at radius 2 is 1.83 bits per heavy atom. The molecule has 0 saturated carbocycles. The van der Waals surface area contributed by atoms with Gasteiger partial charge in [0.05, 0.1) is 0 Å².